The zero-order valence-electron chi connectivity index (χ0n) is 9.12. The minimum absolute atomic E-state index is 0.0380. The number of carbonyl (C=O) groups is 1. The monoisotopic (exact) mass is 199 g/mol. The number of hydrogen-bond acceptors (Lipinski definition) is 3. The molecule has 82 valence electrons. The molecule has 3 N–H and O–H groups in total. The van der Waals surface area contributed by atoms with Gasteiger partial charge in [-0.05, 0) is 45.3 Å². The van der Waals surface area contributed by atoms with Crippen molar-refractivity contribution in [3.63, 3.8) is 0 Å². The first kappa shape index (κ1) is 11.5. The highest BCUT2D eigenvalue weighted by Gasteiger charge is 2.21. The number of rotatable bonds is 3. The zero-order valence-corrected chi connectivity index (χ0v) is 9.12. The molecule has 4 heteroatoms. The number of nitrogens with zero attached hydrogens (tertiary/aromatic N) is 1. The summed E-state index contributed by atoms with van der Waals surface area (Å²) in [5.41, 5.74) is 5.77. The van der Waals surface area contributed by atoms with Crippen molar-refractivity contribution < 1.29 is 4.79 Å². The fraction of sp³-hybridized carbons (Fsp3) is 0.900. The molecule has 1 fully saturated rings. The summed E-state index contributed by atoms with van der Waals surface area (Å²) in [6.45, 7) is 2.26. The van der Waals surface area contributed by atoms with Crippen LogP contribution >= 0.6 is 0 Å². The molecule has 0 saturated carbocycles. The highest BCUT2D eigenvalue weighted by molar-refractivity contribution is 5.81. The quantitative estimate of drug-likeness (QED) is 0.661. The van der Waals surface area contributed by atoms with E-state index in [1.807, 2.05) is 0 Å². The maximum absolute atomic E-state index is 11.2. The number of likely N-dealkylation sites (N-methyl/N-ethyl adjacent to an activating group) is 1. The Balaban J connectivity index is 2.27. The summed E-state index contributed by atoms with van der Waals surface area (Å²) in [6, 6.07) is -0.326. The van der Waals surface area contributed by atoms with Crippen molar-refractivity contribution in [1.29, 1.82) is 0 Å². The molecule has 0 bridgehead atoms. The van der Waals surface area contributed by atoms with Gasteiger partial charge in [0.15, 0.2) is 0 Å². The Bertz CT molecular complexity index is 188. The molecule has 0 radical (unpaired) electrons. The number of amides is 1. The predicted molar refractivity (Wildman–Crippen MR) is 56.9 cm³/mol. The Morgan fingerprint density at radius 3 is 2.64 bits per heavy atom. The Labute approximate surface area is 85.8 Å². The number of nitrogens with one attached hydrogen (secondary N) is 1. The first-order valence-electron chi connectivity index (χ1n) is 5.29. The third-order valence-corrected chi connectivity index (χ3v) is 3.01. The number of piperidine rings is 1. The summed E-state index contributed by atoms with van der Waals surface area (Å²) in [5.74, 6) is 0.586. The van der Waals surface area contributed by atoms with E-state index < -0.39 is 0 Å². The van der Waals surface area contributed by atoms with Gasteiger partial charge in [0.25, 0.3) is 0 Å². The number of carbonyl (C=O) groups excluding carboxylic acids is 1. The van der Waals surface area contributed by atoms with Crippen molar-refractivity contribution in [3.05, 3.63) is 0 Å². The van der Waals surface area contributed by atoms with Crippen LogP contribution in [0.15, 0.2) is 0 Å². The zero-order chi connectivity index (χ0) is 10.6. The number of likely N-dealkylation sites (tertiary alicyclic amines) is 1. The van der Waals surface area contributed by atoms with E-state index in [1.54, 1.807) is 7.05 Å². The van der Waals surface area contributed by atoms with E-state index in [9.17, 15) is 4.79 Å². The van der Waals surface area contributed by atoms with Crippen LogP contribution in [0.1, 0.15) is 19.3 Å². The lowest BCUT2D eigenvalue weighted by molar-refractivity contribution is -0.122. The number of nitrogens with two attached hydrogens (primary N) is 1. The topological polar surface area (TPSA) is 58.4 Å². The van der Waals surface area contributed by atoms with Crippen molar-refractivity contribution in [2.75, 3.05) is 27.2 Å². The normalized spacial score (nSPS) is 21.9. The molecule has 1 unspecified atom stereocenters. The van der Waals surface area contributed by atoms with Gasteiger partial charge in [-0.1, -0.05) is 0 Å². The molecule has 0 aromatic heterocycles. The van der Waals surface area contributed by atoms with Gasteiger partial charge in [0.1, 0.15) is 0 Å². The lowest BCUT2D eigenvalue weighted by Crippen LogP contribution is -2.41. The Morgan fingerprint density at radius 2 is 2.14 bits per heavy atom. The van der Waals surface area contributed by atoms with Crippen LogP contribution in [0.3, 0.4) is 0 Å². The van der Waals surface area contributed by atoms with Crippen LogP contribution in [0.4, 0.5) is 0 Å². The van der Waals surface area contributed by atoms with Gasteiger partial charge >= 0.3 is 0 Å². The first-order valence-corrected chi connectivity index (χ1v) is 5.29. The van der Waals surface area contributed by atoms with E-state index in [0.29, 0.717) is 5.92 Å². The molecular weight excluding hydrogens is 178 g/mol. The molecule has 0 aromatic carbocycles. The molecular formula is C10H21N3O. The van der Waals surface area contributed by atoms with E-state index >= 15 is 0 Å². The second-order valence-electron chi connectivity index (χ2n) is 4.20. The SMILES string of the molecule is CNC(=O)C(N)CC1CCN(C)CC1. The number of hydrogen-bond donors (Lipinski definition) is 2. The molecule has 0 aromatic rings. The molecule has 1 aliphatic heterocycles. The highest BCUT2D eigenvalue weighted by Crippen LogP contribution is 2.20. The molecule has 1 aliphatic rings. The average molecular weight is 199 g/mol. The smallest absolute Gasteiger partial charge is 0.236 e. The first-order chi connectivity index (χ1) is 6.63. The molecule has 4 nitrogen and oxygen atoms in total. The van der Waals surface area contributed by atoms with Crippen LogP contribution in [-0.4, -0.2) is 44.0 Å². The van der Waals surface area contributed by atoms with Crippen LogP contribution in [0.25, 0.3) is 0 Å². The molecule has 0 aliphatic carbocycles. The van der Waals surface area contributed by atoms with Gasteiger partial charge < -0.3 is 16.0 Å². The van der Waals surface area contributed by atoms with Crippen molar-refractivity contribution in [2.24, 2.45) is 11.7 Å². The van der Waals surface area contributed by atoms with E-state index in [1.165, 1.54) is 12.8 Å². The second kappa shape index (κ2) is 5.32. The Kier molecular flexibility index (Phi) is 4.35. The third kappa shape index (κ3) is 3.27. The summed E-state index contributed by atoms with van der Waals surface area (Å²) in [6.07, 6.45) is 3.16. The van der Waals surface area contributed by atoms with Crippen molar-refractivity contribution in [1.82, 2.24) is 10.2 Å². The third-order valence-electron chi connectivity index (χ3n) is 3.01. The van der Waals surface area contributed by atoms with Crippen molar-refractivity contribution >= 4 is 5.91 Å². The molecule has 0 spiro atoms. The van der Waals surface area contributed by atoms with Crippen LogP contribution in [-0.2, 0) is 4.79 Å². The fourth-order valence-corrected chi connectivity index (χ4v) is 1.95. The fourth-order valence-electron chi connectivity index (χ4n) is 1.95. The van der Waals surface area contributed by atoms with Crippen molar-refractivity contribution in [2.45, 2.75) is 25.3 Å². The second-order valence-corrected chi connectivity index (χ2v) is 4.20. The predicted octanol–water partition coefficient (Wildman–Crippen LogP) is -0.208. The van der Waals surface area contributed by atoms with Crippen LogP contribution < -0.4 is 11.1 Å². The van der Waals surface area contributed by atoms with Gasteiger partial charge in [-0.2, -0.15) is 0 Å². The van der Waals surface area contributed by atoms with Gasteiger partial charge in [-0.15, -0.1) is 0 Å². The highest BCUT2D eigenvalue weighted by atomic mass is 16.2. The van der Waals surface area contributed by atoms with Gasteiger partial charge in [-0.3, -0.25) is 4.79 Å². The summed E-state index contributed by atoms with van der Waals surface area (Å²) in [7, 11) is 3.77. The Hall–Kier alpha value is -0.610. The van der Waals surface area contributed by atoms with E-state index in [-0.39, 0.29) is 11.9 Å². The minimum Gasteiger partial charge on any atom is -0.358 e. The largest absolute Gasteiger partial charge is 0.358 e. The summed E-state index contributed by atoms with van der Waals surface area (Å²) in [5, 5.41) is 2.59. The van der Waals surface area contributed by atoms with Gasteiger partial charge in [0.05, 0.1) is 6.04 Å². The standard InChI is InChI=1S/C10H21N3O/c1-12-10(14)9(11)7-8-3-5-13(2)6-4-8/h8-9H,3-7,11H2,1-2H3,(H,12,14). The molecule has 1 saturated heterocycles. The van der Waals surface area contributed by atoms with Crippen LogP contribution in [0.2, 0.25) is 0 Å². The van der Waals surface area contributed by atoms with E-state index in [0.717, 1.165) is 19.5 Å². The molecule has 1 heterocycles. The van der Waals surface area contributed by atoms with Gasteiger partial charge in [-0.25, -0.2) is 0 Å². The molecule has 1 atom stereocenters. The summed E-state index contributed by atoms with van der Waals surface area (Å²) >= 11 is 0. The molecule has 14 heavy (non-hydrogen) atoms. The summed E-state index contributed by atoms with van der Waals surface area (Å²) in [4.78, 5) is 13.5. The van der Waals surface area contributed by atoms with Gasteiger partial charge in [0, 0.05) is 7.05 Å². The molecule has 1 amide bonds. The minimum atomic E-state index is -0.326. The van der Waals surface area contributed by atoms with Crippen LogP contribution in [0.5, 0.6) is 0 Å². The average Bonchev–Trinajstić information content (AvgIpc) is 2.20. The Morgan fingerprint density at radius 1 is 1.57 bits per heavy atom. The lowest BCUT2D eigenvalue weighted by atomic mass is 9.90. The van der Waals surface area contributed by atoms with Crippen LogP contribution in [0, 0.1) is 5.92 Å². The van der Waals surface area contributed by atoms with E-state index in [2.05, 4.69) is 17.3 Å². The maximum Gasteiger partial charge on any atom is 0.236 e. The maximum atomic E-state index is 11.2. The molecule has 1 rings (SSSR count). The summed E-state index contributed by atoms with van der Waals surface area (Å²) < 4.78 is 0. The lowest BCUT2D eigenvalue weighted by Gasteiger charge is -2.30. The van der Waals surface area contributed by atoms with E-state index in [4.69, 9.17) is 5.73 Å². The van der Waals surface area contributed by atoms with Gasteiger partial charge in [0.2, 0.25) is 5.91 Å². The van der Waals surface area contributed by atoms with Crippen molar-refractivity contribution in [3.8, 4) is 0 Å².